The summed E-state index contributed by atoms with van der Waals surface area (Å²) >= 11 is 0. The minimum atomic E-state index is -0.392. The number of fused-ring (bicyclic) bond motifs is 1. The third-order valence-electron chi connectivity index (χ3n) is 7.97. The molecule has 3 heteroatoms. The molecule has 0 amide bonds. The molecule has 182 valence electrons. The van der Waals surface area contributed by atoms with E-state index in [1.54, 1.807) is 12.1 Å². The molecule has 4 atom stereocenters. The lowest BCUT2D eigenvalue weighted by Crippen LogP contribution is -2.30. The van der Waals surface area contributed by atoms with Crippen LogP contribution in [0.4, 0.5) is 8.78 Å². The van der Waals surface area contributed by atoms with Gasteiger partial charge in [0.15, 0.2) is 0 Å². The van der Waals surface area contributed by atoms with E-state index in [-0.39, 0.29) is 11.7 Å². The molecule has 34 heavy (non-hydrogen) atoms. The molecule has 2 fully saturated rings. The van der Waals surface area contributed by atoms with E-state index < -0.39 is 5.82 Å². The highest BCUT2D eigenvalue weighted by Gasteiger charge is 2.36. The van der Waals surface area contributed by atoms with Crippen LogP contribution in [0.2, 0.25) is 0 Å². The van der Waals surface area contributed by atoms with Crippen LogP contribution >= 0.6 is 0 Å². The van der Waals surface area contributed by atoms with Crippen LogP contribution in [0.5, 0.6) is 5.75 Å². The molecule has 2 aromatic rings. The van der Waals surface area contributed by atoms with Gasteiger partial charge in [-0.2, -0.15) is 0 Å². The first-order valence-corrected chi connectivity index (χ1v) is 13.0. The Morgan fingerprint density at radius 1 is 0.853 bits per heavy atom. The van der Waals surface area contributed by atoms with Gasteiger partial charge in [-0.15, -0.1) is 0 Å². The molecule has 2 aromatic carbocycles. The van der Waals surface area contributed by atoms with E-state index in [1.165, 1.54) is 50.7 Å². The zero-order valence-corrected chi connectivity index (χ0v) is 20.6. The lowest BCUT2D eigenvalue weighted by Gasteiger charge is -2.42. The van der Waals surface area contributed by atoms with Gasteiger partial charge in [-0.1, -0.05) is 42.9 Å². The van der Waals surface area contributed by atoms with Gasteiger partial charge in [-0.25, -0.2) is 8.78 Å². The first-order valence-electron chi connectivity index (χ1n) is 13.0. The summed E-state index contributed by atoms with van der Waals surface area (Å²) < 4.78 is 35.5. The molecule has 4 unspecified atom stereocenters. The molecule has 0 spiro atoms. The molecular formula is C31H38F2O. The molecule has 0 aliphatic heterocycles. The van der Waals surface area contributed by atoms with Crippen molar-refractivity contribution in [2.24, 2.45) is 17.8 Å². The van der Waals surface area contributed by atoms with E-state index in [1.807, 2.05) is 31.2 Å². The standard InChI is InChI=1S/C31H38F2O/c1-3-5-7-8-22-9-10-24-19-25(12-11-23(24)18-22)28-15-13-26(20-30(28)32)29-16-14-27(21-31(29)33)34-17-6-4-2/h3-6,13-16,20-25H,7-12,17-19H2,1-2H3/b5-3+,6-4+. The predicted octanol–water partition coefficient (Wildman–Crippen LogP) is 9.24. The van der Waals surface area contributed by atoms with E-state index in [0.717, 1.165) is 36.2 Å². The Balaban J connectivity index is 1.40. The van der Waals surface area contributed by atoms with E-state index in [2.05, 4.69) is 19.1 Å². The summed E-state index contributed by atoms with van der Waals surface area (Å²) in [6.07, 6.45) is 18.0. The highest BCUT2D eigenvalue weighted by atomic mass is 19.1. The Bertz CT molecular complexity index is 1010. The quantitative estimate of drug-likeness (QED) is 0.354. The molecule has 2 aliphatic carbocycles. The Morgan fingerprint density at radius 2 is 1.65 bits per heavy atom. The van der Waals surface area contributed by atoms with Crippen LogP contribution in [-0.4, -0.2) is 6.61 Å². The first kappa shape index (κ1) is 24.7. The fourth-order valence-corrected chi connectivity index (χ4v) is 6.12. The van der Waals surface area contributed by atoms with Gasteiger partial charge in [-0.3, -0.25) is 0 Å². The number of benzene rings is 2. The maximum absolute atomic E-state index is 15.2. The summed E-state index contributed by atoms with van der Waals surface area (Å²) in [7, 11) is 0. The van der Waals surface area contributed by atoms with Gasteiger partial charge in [0.05, 0.1) is 0 Å². The number of hydrogen-bond donors (Lipinski definition) is 0. The van der Waals surface area contributed by atoms with Gasteiger partial charge in [0.1, 0.15) is 24.0 Å². The van der Waals surface area contributed by atoms with Crippen molar-refractivity contribution < 1.29 is 13.5 Å². The minimum Gasteiger partial charge on any atom is -0.489 e. The topological polar surface area (TPSA) is 9.23 Å². The molecule has 2 aliphatic rings. The van der Waals surface area contributed by atoms with Crippen molar-refractivity contribution in [3.05, 3.63) is 77.9 Å². The minimum absolute atomic E-state index is 0.200. The van der Waals surface area contributed by atoms with Crippen molar-refractivity contribution in [2.75, 3.05) is 6.61 Å². The van der Waals surface area contributed by atoms with Gasteiger partial charge in [0.25, 0.3) is 0 Å². The second kappa shape index (κ2) is 11.8. The van der Waals surface area contributed by atoms with Gasteiger partial charge in [-0.05, 0) is 112 Å². The van der Waals surface area contributed by atoms with Crippen molar-refractivity contribution in [1.29, 1.82) is 0 Å². The number of hydrogen-bond acceptors (Lipinski definition) is 1. The Morgan fingerprint density at radius 3 is 2.41 bits per heavy atom. The second-order valence-corrected chi connectivity index (χ2v) is 10.1. The van der Waals surface area contributed by atoms with Crippen LogP contribution in [0.15, 0.2) is 60.7 Å². The fraction of sp³-hybridized carbons (Fsp3) is 0.484. The van der Waals surface area contributed by atoms with E-state index in [4.69, 9.17) is 4.74 Å². The normalized spacial score (nSPS) is 25.1. The SMILES string of the molecule is C/C=C/CCC1CCC2CC(c3ccc(-c4ccc(OC/C=C/C)cc4F)cc3F)CCC2C1. The Hall–Kier alpha value is -2.42. The summed E-state index contributed by atoms with van der Waals surface area (Å²) in [6, 6.07) is 10.1. The molecule has 0 radical (unpaired) electrons. The largest absolute Gasteiger partial charge is 0.489 e. The highest BCUT2D eigenvalue weighted by molar-refractivity contribution is 5.65. The molecule has 0 bridgehead atoms. The summed E-state index contributed by atoms with van der Waals surface area (Å²) in [5.41, 5.74) is 1.79. The van der Waals surface area contributed by atoms with Crippen LogP contribution < -0.4 is 4.74 Å². The van der Waals surface area contributed by atoms with Gasteiger partial charge < -0.3 is 4.74 Å². The predicted molar refractivity (Wildman–Crippen MR) is 137 cm³/mol. The molecule has 1 nitrogen and oxygen atoms in total. The van der Waals surface area contributed by atoms with Gasteiger partial charge >= 0.3 is 0 Å². The van der Waals surface area contributed by atoms with Crippen molar-refractivity contribution >= 4 is 0 Å². The average molecular weight is 465 g/mol. The maximum atomic E-state index is 15.2. The van der Waals surface area contributed by atoms with Crippen molar-refractivity contribution in [3.8, 4) is 16.9 Å². The smallest absolute Gasteiger partial charge is 0.134 e. The molecule has 4 rings (SSSR count). The lowest BCUT2D eigenvalue weighted by molar-refractivity contribution is 0.114. The molecule has 0 saturated heterocycles. The summed E-state index contributed by atoms with van der Waals surface area (Å²) in [6.45, 7) is 4.41. The zero-order valence-electron chi connectivity index (χ0n) is 20.6. The Kier molecular flexibility index (Phi) is 8.59. The first-order chi connectivity index (χ1) is 16.6. The summed E-state index contributed by atoms with van der Waals surface area (Å²) in [4.78, 5) is 0. The van der Waals surface area contributed by atoms with Crippen molar-refractivity contribution in [2.45, 2.75) is 71.1 Å². The monoisotopic (exact) mass is 464 g/mol. The maximum Gasteiger partial charge on any atom is 0.134 e. The molecule has 0 aromatic heterocycles. The lowest BCUT2D eigenvalue weighted by atomic mass is 9.63. The van der Waals surface area contributed by atoms with Crippen molar-refractivity contribution in [3.63, 3.8) is 0 Å². The van der Waals surface area contributed by atoms with Crippen molar-refractivity contribution in [1.82, 2.24) is 0 Å². The molecule has 0 N–H and O–H groups in total. The Labute approximate surface area is 203 Å². The van der Waals surface area contributed by atoms with E-state index >= 15 is 4.39 Å². The third-order valence-corrected chi connectivity index (χ3v) is 7.97. The number of ether oxygens (including phenoxy) is 1. The molecule has 2 saturated carbocycles. The van der Waals surface area contributed by atoms with Crippen LogP contribution in [0.25, 0.3) is 11.1 Å². The number of allylic oxidation sites excluding steroid dienone is 3. The van der Waals surface area contributed by atoms with Crippen LogP contribution in [0.3, 0.4) is 0 Å². The van der Waals surface area contributed by atoms with Crippen LogP contribution in [-0.2, 0) is 0 Å². The third kappa shape index (κ3) is 5.98. The second-order valence-electron chi connectivity index (χ2n) is 10.1. The number of rotatable bonds is 8. The summed E-state index contributed by atoms with van der Waals surface area (Å²) in [5, 5.41) is 0. The van der Waals surface area contributed by atoms with E-state index in [9.17, 15) is 4.39 Å². The van der Waals surface area contributed by atoms with Crippen LogP contribution in [0, 0.1) is 29.4 Å². The summed E-state index contributed by atoms with van der Waals surface area (Å²) in [5.74, 6) is 2.56. The highest BCUT2D eigenvalue weighted by Crippen LogP contribution is 2.49. The molecule has 0 heterocycles. The average Bonchev–Trinajstić information content (AvgIpc) is 2.84. The number of halogens is 2. The fourth-order valence-electron chi connectivity index (χ4n) is 6.12. The van der Waals surface area contributed by atoms with Gasteiger partial charge in [0, 0.05) is 11.6 Å². The van der Waals surface area contributed by atoms with Crippen LogP contribution in [0.1, 0.15) is 76.7 Å². The van der Waals surface area contributed by atoms with Gasteiger partial charge in [0.2, 0.25) is 0 Å². The van der Waals surface area contributed by atoms with E-state index in [0.29, 0.717) is 23.5 Å². The zero-order chi connectivity index (χ0) is 23.9. The molecular weight excluding hydrogens is 426 g/mol.